The van der Waals surface area contributed by atoms with Gasteiger partial charge in [-0.2, -0.15) is 4.31 Å². The zero-order valence-electron chi connectivity index (χ0n) is 11.6. The lowest BCUT2D eigenvalue weighted by Gasteiger charge is -2.29. The van der Waals surface area contributed by atoms with Gasteiger partial charge in [-0.1, -0.05) is 0 Å². The Morgan fingerprint density at radius 3 is 2.76 bits per heavy atom. The average Bonchev–Trinajstić information content (AvgIpc) is 2.46. The quantitative estimate of drug-likeness (QED) is 0.646. The predicted octanol–water partition coefficient (Wildman–Crippen LogP) is 0.715. The summed E-state index contributed by atoms with van der Waals surface area (Å²) in [5.74, 6) is 0.232. The molecule has 0 unspecified atom stereocenters. The van der Waals surface area contributed by atoms with Crippen molar-refractivity contribution in [2.75, 3.05) is 20.2 Å². The van der Waals surface area contributed by atoms with Gasteiger partial charge >= 0.3 is 0 Å². The Bertz CT molecular complexity index is 646. The van der Waals surface area contributed by atoms with E-state index in [9.17, 15) is 18.5 Å². The Balaban J connectivity index is 2.46. The number of nitrogens with two attached hydrogens (primary N) is 1. The molecule has 0 amide bonds. The van der Waals surface area contributed by atoms with Crippen LogP contribution < -0.4 is 10.5 Å². The normalized spacial score (nSPS) is 20.2. The second kappa shape index (κ2) is 5.96. The van der Waals surface area contributed by atoms with E-state index in [1.165, 1.54) is 23.5 Å². The lowest BCUT2D eigenvalue weighted by molar-refractivity contribution is -0.387. The van der Waals surface area contributed by atoms with Gasteiger partial charge in [0.25, 0.3) is 5.69 Å². The molecule has 1 heterocycles. The molecule has 1 aromatic carbocycles. The summed E-state index contributed by atoms with van der Waals surface area (Å²) in [7, 11) is -2.58. The third-order valence-corrected chi connectivity index (χ3v) is 5.31. The van der Waals surface area contributed by atoms with Crippen molar-refractivity contribution in [1.82, 2.24) is 4.31 Å². The molecule has 0 aliphatic carbocycles. The summed E-state index contributed by atoms with van der Waals surface area (Å²) in [6, 6.07) is 3.46. The van der Waals surface area contributed by atoms with Crippen LogP contribution >= 0.6 is 0 Å². The molecule has 8 nitrogen and oxygen atoms in total. The molecule has 2 rings (SSSR count). The van der Waals surface area contributed by atoms with Crippen molar-refractivity contribution >= 4 is 15.7 Å². The van der Waals surface area contributed by atoms with Crippen molar-refractivity contribution in [3.8, 4) is 5.75 Å². The molecule has 116 valence electrons. The minimum Gasteiger partial charge on any atom is -0.497 e. The summed E-state index contributed by atoms with van der Waals surface area (Å²) in [5, 5.41) is 11.1. The number of rotatable bonds is 4. The summed E-state index contributed by atoms with van der Waals surface area (Å²) >= 11 is 0. The highest BCUT2D eigenvalue weighted by Gasteiger charge is 2.34. The van der Waals surface area contributed by atoms with E-state index in [-0.39, 0.29) is 23.2 Å². The van der Waals surface area contributed by atoms with E-state index >= 15 is 0 Å². The fourth-order valence-electron chi connectivity index (χ4n) is 2.32. The maximum absolute atomic E-state index is 12.6. The van der Waals surface area contributed by atoms with E-state index in [1.807, 2.05) is 0 Å². The third-order valence-electron chi connectivity index (χ3n) is 3.40. The van der Waals surface area contributed by atoms with Crippen LogP contribution in [0.2, 0.25) is 0 Å². The molecule has 1 fully saturated rings. The van der Waals surface area contributed by atoms with Crippen LogP contribution in [-0.4, -0.2) is 43.9 Å². The second-order valence-corrected chi connectivity index (χ2v) is 6.76. The van der Waals surface area contributed by atoms with Crippen LogP contribution in [0.4, 0.5) is 5.69 Å². The highest BCUT2D eigenvalue weighted by atomic mass is 32.2. The lowest BCUT2D eigenvalue weighted by atomic mass is 10.1. The molecule has 1 aromatic rings. The summed E-state index contributed by atoms with van der Waals surface area (Å²) in [4.78, 5) is 10.1. The van der Waals surface area contributed by atoms with Gasteiger partial charge in [0, 0.05) is 19.1 Å². The molecule has 0 saturated carbocycles. The first-order valence-corrected chi connectivity index (χ1v) is 7.88. The van der Waals surface area contributed by atoms with E-state index < -0.39 is 20.6 Å². The maximum atomic E-state index is 12.6. The molecule has 9 heteroatoms. The van der Waals surface area contributed by atoms with Crippen LogP contribution in [0.1, 0.15) is 12.8 Å². The molecule has 0 aromatic heterocycles. The zero-order chi connectivity index (χ0) is 15.6. The molecule has 0 spiro atoms. The van der Waals surface area contributed by atoms with Crippen LogP contribution in [0.25, 0.3) is 0 Å². The van der Waals surface area contributed by atoms with Crippen molar-refractivity contribution in [2.45, 2.75) is 23.8 Å². The van der Waals surface area contributed by atoms with Gasteiger partial charge in [-0.25, -0.2) is 8.42 Å². The number of nitrogens with zero attached hydrogens (tertiary/aromatic N) is 2. The molecule has 0 bridgehead atoms. The molecular formula is C12H17N3O5S. The molecule has 1 aliphatic heterocycles. The van der Waals surface area contributed by atoms with Crippen LogP contribution in [0.3, 0.4) is 0 Å². The number of nitro groups is 1. The van der Waals surface area contributed by atoms with Crippen LogP contribution in [-0.2, 0) is 10.0 Å². The minimum atomic E-state index is -3.94. The third kappa shape index (κ3) is 3.14. The van der Waals surface area contributed by atoms with Crippen LogP contribution in [0, 0.1) is 10.1 Å². The number of sulfonamides is 1. The Labute approximate surface area is 122 Å². The fraction of sp³-hybridized carbons (Fsp3) is 0.500. The maximum Gasteiger partial charge on any atom is 0.293 e. The first-order valence-electron chi connectivity index (χ1n) is 6.44. The zero-order valence-corrected chi connectivity index (χ0v) is 12.4. The topological polar surface area (TPSA) is 116 Å². The standard InChI is InChI=1S/C12H17N3O5S/c1-20-10-4-5-12(11(7-10)15(16)17)21(18,19)14-6-2-3-9(13)8-14/h4-5,7,9H,2-3,6,8,13H2,1H3/t9-/m1/s1. The van der Waals surface area contributed by atoms with E-state index in [4.69, 9.17) is 10.5 Å². The van der Waals surface area contributed by atoms with Crippen molar-refractivity contribution in [3.63, 3.8) is 0 Å². The number of benzene rings is 1. The van der Waals surface area contributed by atoms with E-state index in [0.29, 0.717) is 13.0 Å². The monoisotopic (exact) mass is 315 g/mol. The summed E-state index contributed by atoms with van der Waals surface area (Å²) in [5.41, 5.74) is 5.29. The molecular weight excluding hydrogens is 298 g/mol. The highest BCUT2D eigenvalue weighted by molar-refractivity contribution is 7.89. The molecule has 21 heavy (non-hydrogen) atoms. The SMILES string of the molecule is COc1ccc(S(=O)(=O)N2CCC[C@@H](N)C2)c([N+](=O)[O-])c1. The summed E-state index contributed by atoms with van der Waals surface area (Å²) < 4.78 is 31.3. The van der Waals surface area contributed by atoms with Gasteiger partial charge < -0.3 is 10.5 Å². The minimum absolute atomic E-state index is 0.172. The van der Waals surface area contributed by atoms with Crippen LogP contribution in [0.15, 0.2) is 23.1 Å². The van der Waals surface area contributed by atoms with Gasteiger partial charge in [0.05, 0.1) is 18.1 Å². The predicted molar refractivity (Wildman–Crippen MR) is 75.6 cm³/mol. The Kier molecular flexibility index (Phi) is 4.45. The number of hydrogen-bond acceptors (Lipinski definition) is 6. The number of ether oxygens (including phenoxy) is 1. The molecule has 2 N–H and O–H groups in total. The van der Waals surface area contributed by atoms with Crippen molar-refractivity contribution in [3.05, 3.63) is 28.3 Å². The molecule has 1 saturated heterocycles. The van der Waals surface area contributed by atoms with E-state index in [1.54, 1.807) is 0 Å². The van der Waals surface area contributed by atoms with Gasteiger partial charge in [0.1, 0.15) is 5.75 Å². The number of methoxy groups -OCH3 is 1. The number of piperidine rings is 1. The van der Waals surface area contributed by atoms with Gasteiger partial charge in [0.2, 0.25) is 10.0 Å². The fourth-order valence-corrected chi connectivity index (χ4v) is 3.99. The first kappa shape index (κ1) is 15.7. The highest BCUT2D eigenvalue weighted by Crippen LogP contribution is 2.31. The van der Waals surface area contributed by atoms with Crippen molar-refractivity contribution in [2.24, 2.45) is 5.73 Å². The van der Waals surface area contributed by atoms with Gasteiger partial charge in [-0.3, -0.25) is 10.1 Å². The summed E-state index contributed by atoms with van der Waals surface area (Å²) in [6.45, 7) is 0.491. The summed E-state index contributed by atoms with van der Waals surface area (Å²) in [6.07, 6.45) is 1.39. The van der Waals surface area contributed by atoms with Crippen LogP contribution in [0.5, 0.6) is 5.75 Å². The Hall–Kier alpha value is -1.71. The molecule has 1 aliphatic rings. The molecule has 1 atom stereocenters. The van der Waals surface area contributed by atoms with Gasteiger partial charge in [-0.15, -0.1) is 0 Å². The van der Waals surface area contributed by atoms with Crippen molar-refractivity contribution < 1.29 is 18.1 Å². The average molecular weight is 315 g/mol. The van der Waals surface area contributed by atoms with E-state index in [2.05, 4.69) is 0 Å². The Morgan fingerprint density at radius 2 is 2.19 bits per heavy atom. The smallest absolute Gasteiger partial charge is 0.293 e. The first-order chi connectivity index (χ1) is 9.86. The second-order valence-electron chi connectivity index (χ2n) is 4.86. The lowest BCUT2D eigenvalue weighted by Crippen LogP contribution is -2.45. The van der Waals surface area contributed by atoms with Gasteiger partial charge in [-0.05, 0) is 25.0 Å². The number of hydrogen-bond donors (Lipinski definition) is 1. The molecule has 0 radical (unpaired) electrons. The Morgan fingerprint density at radius 1 is 1.48 bits per heavy atom. The van der Waals surface area contributed by atoms with Gasteiger partial charge in [0.15, 0.2) is 4.90 Å². The van der Waals surface area contributed by atoms with Crippen molar-refractivity contribution in [1.29, 1.82) is 0 Å². The van der Waals surface area contributed by atoms with E-state index in [0.717, 1.165) is 12.5 Å². The largest absolute Gasteiger partial charge is 0.497 e. The number of nitro benzene ring substituents is 1.